The third-order valence-electron chi connectivity index (χ3n) is 1.67. The highest BCUT2D eigenvalue weighted by Gasteiger charge is 2.35. The monoisotopic (exact) mass is 218 g/mol. The molecule has 0 atom stereocenters. The second-order valence-corrected chi connectivity index (χ2v) is 2.78. The van der Waals surface area contributed by atoms with Crippen LogP contribution < -0.4 is 5.73 Å². The summed E-state index contributed by atoms with van der Waals surface area (Å²) in [4.78, 5) is 0. The smallest absolute Gasteiger partial charge is 0.449 e. The molecule has 0 aliphatic carbocycles. The van der Waals surface area contributed by atoms with Gasteiger partial charge in [-0.15, -0.1) is 0 Å². The molecule has 7 heteroatoms. The number of anilines is 1. The predicted octanol–water partition coefficient (Wildman–Crippen LogP) is 2.54. The van der Waals surface area contributed by atoms with Crippen LogP contribution in [-0.4, -0.2) is 5.16 Å². The first kappa shape index (κ1) is 9.63. The van der Waals surface area contributed by atoms with Crippen molar-refractivity contribution in [3.63, 3.8) is 0 Å². The van der Waals surface area contributed by atoms with Crippen molar-refractivity contribution in [1.82, 2.24) is 5.16 Å². The van der Waals surface area contributed by atoms with Crippen molar-refractivity contribution in [1.29, 1.82) is 0 Å². The van der Waals surface area contributed by atoms with Gasteiger partial charge in [-0.2, -0.15) is 13.2 Å². The van der Waals surface area contributed by atoms with Crippen molar-refractivity contribution in [2.24, 2.45) is 0 Å². The molecule has 2 aromatic rings. The van der Waals surface area contributed by atoms with Crippen LogP contribution in [-0.2, 0) is 6.18 Å². The summed E-state index contributed by atoms with van der Waals surface area (Å²) in [5.74, 6) is -1.11. The molecule has 0 amide bonds. The third-order valence-corrected chi connectivity index (χ3v) is 1.67. The Morgan fingerprint density at radius 2 is 2.00 bits per heavy atom. The van der Waals surface area contributed by atoms with E-state index in [1.165, 1.54) is 6.07 Å². The zero-order chi connectivity index (χ0) is 11.1. The number of rotatable bonds is 1. The predicted molar refractivity (Wildman–Crippen MR) is 43.6 cm³/mol. The number of alkyl halides is 3. The maximum Gasteiger partial charge on any atom is 0.449 e. The van der Waals surface area contributed by atoms with Crippen LogP contribution in [0.15, 0.2) is 27.1 Å². The van der Waals surface area contributed by atoms with Gasteiger partial charge in [-0.25, -0.2) is 0 Å². The Morgan fingerprint density at radius 3 is 2.47 bits per heavy atom. The summed E-state index contributed by atoms with van der Waals surface area (Å²) in [5, 5.41) is 3.42. The number of aromatic nitrogens is 1. The molecule has 0 radical (unpaired) electrons. The van der Waals surface area contributed by atoms with Gasteiger partial charge in [0.2, 0.25) is 11.6 Å². The van der Waals surface area contributed by atoms with E-state index in [9.17, 15) is 13.2 Å². The molecular formula is C8H5F3N2O2. The highest BCUT2D eigenvalue weighted by Crippen LogP contribution is 2.33. The van der Waals surface area contributed by atoms with Crippen LogP contribution in [0.2, 0.25) is 0 Å². The first-order valence-electron chi connectivity index (χ1n) is 3.86. The van der Waals surface area contributed by atoms with Crippen LogP contribution in [0.5, 0.6) is 0 Å². The van der Waals surface area contributed by atoms with Gasteiger partial charge in [0.1, 0.15) is 0 Å². The Kier molecular flexibility index (Phi) is 1.95. The Labute approximate surface area is 81.4 Å². The molecule has 4 nitrogen and oxygen atoms in total. The molecular weight excluding hydrogens is 213 g/mol. The molecule has 0 aromatic carbocycles. The maximum atomic E-state index is 12.2. The zero-order valence-electron chi connectivity index (χ0n) is 7.21. The lowest BCUT2D eigenvalue weighted by Gasteiger charge is -1.99. The fourth-order valence-corrected chi connectivity index (χ4v) is 1.03. The average Bonchev–Trinajstić information content (AvgIpc) is 2.69. The highest BCUT2D eigenvalue weighted by molar-refractivity contribution is 5.55. The first-order valence-corrected chi connectivity index (χ1v) is 3.86. The number of furan rings is 1. The maximum absolute atomic E-state index is 12.2. The summed E-state index contributed by atoms with van der Waals surface area (Å²) in [7, 11) is 0. The normalized spacial score (nSPS) is 11.9. The summed E-state index contributed by atoms with van der Waals surface area (Å²) in [5.41, 5.74) is 5.34. The molecule has 0 unspecified atom stereocenters. The lowest BCUT2D eigenvalue weighted by atomic mass is 10.3. The average molecular weight is 218 g/mol. The van der Waals surface area contributed by atoms with E-state index in [-0.39, 0.29) is 17.3 Å². The van der Waals surface area contributed by atoms with Crippen molar-refractivity contribution < 1.29 is 22.1 Å². The van der Waals surface area contributed by atoms with Gasteiger partial charge in [0.05, 0.1) is 0 Å². The van der Waals surface area contributed by atoms with Gasteiger partial charge >= 0.3 is 6.18 Å². The largest absolute Gasteiger partial charge is 0.450 e. The summed E-state index contributed by atoms with van der Waals surface area (Å²) < 4.78 is 45.5. The van der Waals surface area contributed by atoms with Gasteiger partial charge in [-0.1, -0.05) is 5.16 Å². The van der Waals surface area contributed by atoms with Crippen molar-refractivity contribution in [2.45, 2.75) is 6.18 Å². The minimum atomic E-state index is -4.51. The molecule has 2 N–H and O–H groups in total. The Morgan fingerprint density at radius 1 is 1.27 bits per heavy atom. The van der Waals surface area contributed by atoms with Crippen LogP contribution in [0.3, 0.4) is 0 Å². The zero-order valence-corrected chi connectivity index (χ0v) is 7.21. The van der Waals surface area contributed by atoms with Gasteiger partial charge in [0, 0.05) is 6.07 Å². The molecule has 2 aromatic heterocycles. The van der Waals surface area contributed by atoms with Crippen LogP contribution in [0.4, 0.5) is 19.1 Å². The highest BCUT2D eigenvalue weighted by atomic mass is 19.4. The van der Waals surface area contributed by atoms with Gasteiger partial charge in [-0.3, -0.25) is 0 Å². The van der Waals surface area contributed by atoms with Gasteiger partial charge in [-0.05, 0) is 12.1 Å². The summed E-state index contributed by atoms with van der Waals surface area (Å²) in [6, 6.07) is 3.25. The topological polar surface area (TPSA) is 65.2 Å². The van der Waals surface area contributed by atoms with E-state index in [2.05, 4.69) is 14.1 Å². The molecule has 0 aliphatic rings. The summed E-state index contributed by atoms with van der Waals surface area (Å²) >= 11 is 0. The number of nitrogens with two attached hydrogens (primary N) is 1. The lowest BCUT2D eigenvalue weighted by Crippen LogP contribution is -2.01. The van der Waals surface area contributed by atoms with E-state index < -0.39 is 11.9 Å². The fourth-order valence-electron chi connectivity index (χ4n) is 1.03. The lowest BCUT2D eigenvalue weighted by molar-refractivity contribution is -0.152. The molecule has 0 aliphatic heterocycles. The molecule has 0 spiro atoms. The Hall–Kier alpha value is -1.92. The van der Waals surface area contributed by atoms with Crippen LogP contribution >= 0.6 is 0 Å². The number of hydrogen-bond acceptors (Lipinski definition) is 4. The van der Waals surface area contributed by atoms with E-state index in [0.717, 1.165) is 12.1 Å². The molecule has 0 saturated carbocycles. The Bertz CT molecular complexity index is 472. The second kappa shape index (κ2) is 3.04. The van der Waals surface area contributed by atoms with Crippen molar-refractivity contribution in [3.05, 3.63) is 24.0 Å². The van der Waals surface area contributed by atoms with Crippen molar-refractivity contribution >= 4 is 5.88 Å². The standard InChI is InChI=1S/C8H5F3N2O2/c9-8(10,11)6-2-1-5(14-6)4-3-7(12)15-13-4/h1-3H,12H2. The van der Waals surface area contributed by atoms with E-state index in [1.54, 1.807) is 0 Å². The molecule has 0 fully saturated rings. The second-order valence-electron chi connectivity index (χ2n) is 2.78. The Balaban J connectivity index is 2.36. The van der Waals surface area contributed by atoms with E-state index in [4.69, 9.17) is 5.73 Å². The van der Waals surface area contributed by atoms with E-state index in [1.807, 2.05) is 0 Å². The molecule has 2 heterocycles. The third kappa shape index (κ3) is 1.80. The van der Waals surface area contributed by atoms with Crippen LogP contribution in [0.25, 0.3) is 11.5 Å². The molecule has 2 rings (SSSR count). The minimum absolute atomic E-state index is 0.00922. The van der Waals surface area contributed by atoms with E-state index in [0.29, 0.717) is 0 Å². The number of hydrogen-bond donors (Lipinski definition) is 1. The SMILES string of the molecule is Nc1cc(-c2ccc(C(F)(F)F)o2)no1. The number of halogens is 3. The minimum Gasteiger partial charge on any atom is -0.450 e. The molecule has 15 heavy (non-hydrogen) atoms. The van der Waals surface area contributed by atoms with Crippen molar-refractivity contribution in [2.75, 3.05) is 5.73 Å². The molecule has 80 valence electrons. The van der Waals surface area contributed by atoms with Crippen molar-refractivity contribution in [3.8, 4) is 11.5 Å². The summed E-state index contributed by atoms with van der Waals surface area (Å²) in [6.07, 6.45) is -4.51. The fraction of sp³-hybridized carbons (Fsp3) is 0.125. The van der Waals surface area contributed by atoms with E-state index >= 15 is 0 Å². The number of nitrogen functional groups attached to an aromatic ring is 1. The van der Waals surface area contributed by atoms with Crippen LogP contribution in [0, 0.1) is 0 Å². The van der Waals surface area contributed by atoms with Gasteiger partial charge < -0.3 is 14.7 Å². The quantitative estimate of drug-likeness (QED) is 0.798. The van der Waals surface area contributed by atoms with Gasteiger partial charge in [0.15, 0.2) is 11.5 Å². The first-order chi connectivity index (χ1) is 6.97. The van der Waals surface area contributed by atoms with Gasteiger partial charge in [0.25, 0.3) is 0 Å². The molecule has 0 saturated heterocycles. The van der Waals surface area contributed by atoms with Crippen LogP contribution in [0.1, 0.15) is 5.76 Å². The summed E-state index contributed by atoms with van der Waals surface area (Å²) in [6.45, 7) is 0. The number of nitrogens with zero attached hydrogens (tertiary/aromatic N) is 1. The molecule has 0 bridgehead atoms.